The monoisotopic (exact) mass is 238 g/mol. The van der Waals surface area contributed by atoms with Crippen LogP contribution in [-0.2, 0) is 6.42 Å². The predicted octanol–water partition coefficient (Wildman–Crippen LogP) is 3.11. The standard InChI is InChI=1S/C12H15ClN2O/c1-7(2)12-15-10-5-8(3-4-14)9(13)6-11(10)16-12/h5-7H,3-4,14H2,1-2H3. The van der Waals surface area contributed by atoms with Crippen LogP contribution in [0.15, 0.2) is 16.5 Å². The minimum Gasteiger partial charge on any atom is -0.440 e. The van der Waals surface area contributed by atoms with Crippen molar-refractivity contribution in [3.8, 4) is 0 Å². The van der Waals surface area contributed by atoms with E-state index in [2.05, 4.69) is 4.98 Å². The van der Waals surface area contributed by atoms with Crippen LogP contribution in [0, 0.1) is 0 Å². The van der Waals surface area contributed by atoms with Crippen molar-refractivity contribution in [2.24, 2.45) is 5.73 Å². The zero-order chi connectivity index (χ0) is 11.7. The van der Waals surface area contributed by atoms with Gasteiger partial charge in [0, 0.05) is 17.0 Å². The lowest BCUT2D eigenvalue weighted by molar-refractivity contribution is 0.501. The maximum absolute atomic E-state index is 6.13. The Hall–Kier alpha value is -1.06. The largest absolute Gasteiger partial charge is 0.440 e. The molecule has 1 heterocycles. The average molecular weight is 239 g/mol. The highest BCUT2D eigenvalue weighted by molar-refractivity contribution is 6.32. The molecule has 2 aromatic rings. The highest BCUT2D eigenvalue weighted by Crippen LogP contribution is 2.27. The number of halogens is 1. The summed E-state index contributed by atoms with van der Waals surface area (Å²) >= 11 is 6.13. The van der Waals surface area contributed by atoms with Crippen molar-refractivity contribution in [1.29, 1.82) is 0 Å². The zero-order valence-corrected chi connectivity index (χ0v) is 10.2. The molecule has 0 saturated heterocycles. The highest BCUT2D eigenvalue weighted by atomic mass is 35.5. The summed E-state index contributed by atoms with van der Waals surface area (Å²) < 4.78 is 5.62. The average Bonchev–Trinajstić information content (AvgIpc) is 2.61. The first-order chi connectivity index (χ1) is 7.61. The lowest BCUT2D eigenvalue weighted by Gasteiger charge is -2.00. The Morgan fingerprint density at radius 2 is 2.19 bits per heavy atom. The molecule has 0 atom stereocenters. The molecule has 0 aliphatic rings. The Bertz CT molecular complexity index is 505. The molecular formula is C12H15ClN2O. The minimum atomic E-state index is 0.282. The van der Waals surface area contributed by atoms with Gasteiger partial charge in [0.2, 0.25) is 0 Å². The fourth-order valence-electron chi connectivity index (χ4n) is 1.60. The molecule has 16 heavy (non-hydrogen) atoms. The summed E-state index contributed by atoms with van der Waals surface area (Å²) in [5, 5.41) is 0.699. The maximum Gasteiger partial charge on any atom is 0.198 e. The molecule has 0 saturated carbocycles. The second-order valence-electron chi connectivity index (χ2n) is 4.16. The smallest absolute Gasteiger partial charge is 0.198 e. The van der Waals surface area contributed by atoms with E-state index in [4.69, 9.17) is 21.8 Å². The Balaban J connectivity index is 2.52. The van der Waals surface area contributed by atoms with Crippen LogP contribution in [0.5, 0.6) is 0 Å². The molecular weight excluding hydrogens is 224 g/mol. The Labute approximate surface area is 99.6 Å². The van der Waals surface area contributed by atoms with Gasteiger partial charge in [-0.25, -0.2) is 4.98 Å². The molecule has 4 heteroatoms. The third-order valence-electron chi connectivity index (χ3n) is 2.48. The number of aromatic nitrogens is 1. The van der Waals surface area contributed by atoms with Gasteiger partial charge in [0.05, 0.1) is 0 Å². The SMILES string of the molecule is CC(C)c1nc2cc(CCN)c(Cl)cc2o1. The van der Waals surface area contributed by atoms with Crippen LogP contribution in [0.3, 0.4) is 0 Å². The molecule has 86 valence electrons. The number of hydrogen-bond acceptors (Lipinski definition) is 3. The third kappa shape index (κ3) is 2.06. The molecule has 0 aliphatic carbocycles. The van der Waals surface area contributed by atoms with Crippen LogP contribution in [0.1, 0.15) is 31.2 Å². The van der Waals surface area contributed by atoms with E-state index in [-0.39, 0.29) is 5.92 Å². The lowest BCUT2D eigenvalue weighted by atomic mass is 10.1. The molecule has 3 nitrogen and oxygen atoms in total. The van der Waals surface area contributed by atoms with E-state index < -0.39 is 0 Å². The van der Waals surface area contributed by atoms with Crippen LogP contribution >= 0.6 is 11.6 Å². The number of rotatable bonds is 3. The number of fused-ring (bicyclic) bond motifs is 1. The quantitative estimate of drug-likeness (QED) is 0.894. The van der Waals surface area contributed by atoms with Crippen LogP contribution < -0.4 is 5.73 Å². The normalized spacial score (nSPS) is 11.6. The van der Waals surface area contributed by atoms with Crippen molar-refractivity contribution in [2.45, 2.75) is 26.2 Å². The van der Waals surface area contributed by atoms with Gasteiger partial charge in [0.25, 0.3) is 0 Å². The molecule has 0 bridgehead atoms. The molecule has 0 fully saturated rings. The maximum atomic E-state index is 6.13. The van der Waals surface area contributed by atoms with Crippen molar-refractivity contribution in [1.82, 2.24) is 4.98 Å². The summed E-state index contributed by atoms with van der Waals surface area (Å²) in [6.45, 7) is 4.68. The molecule has 1 aromatic carbocycles. The third-order valence-corrected chi connectivity index (χ3v) is 2.83. The van der Waals surface area contributed by atoms with Crippen LogP contribution in [0.25, 0.3) is 11.1 Å². The molecule has 0 amide bonds. The van der Waals surface area contributed by atoms with E-state index in [0.29, 0.717) is 11.6 Å². The number of oxazole rings is 1. The second kappa shape index (κ2) is 4.44. The Kier molecular flexibility index (Phi) is 3.17. The molecule has 0 radical (unpaired) electrons. The highest BCUT2D eigenvalue weighted by Gasteiger charge is 2.11. The molecule has 0 unspecified atom stereocenters. The molecule has 2 rings (SSSR count). The van der Waals surface area contributed by atoms with Gasteiger partial charge in [-0.15, -0.1) is 0 Å². The van der Waals surface area contributed by atoms with Gasteiger partial charge in [-0.2, -0.15) is 0 Å². The minimum absolute atomic E-state index is 0.282. The van der Waals surface area contributed by atoms with Gasteiger partial charge in [-0.1, -0.05) is 25.4 Å². The molecule has 0 aliphatic heterocycles. The summed E-state index contributed by atoms with van der Waals surface area (Å²) in [5.74, 6) is 1.03. The van der Waals surface area contributed by atoms with Crippen LogP contribution in [0.4, 0.5) is 0 Å². The van der Waals surface area contributed by atoms with Gasteiger partial charge in [0.1, 0.15) is 5.52 Å². The van der Waals surface area contributed by atoms with E-state index >= 15 is 0 Å². The van der Waals surface area contributed by atoms with Crippen molar-refractivity contribution >= 4 is 22.7 Å². The predicted molar refractivity (Wildman–Crippen MR) is 65.9 cm³/mol. The first kappa shape index (κ1) is 11.4. The van der Waals surface area contributed by atoms with Crippen LogP contribution in [-0.4, -0.2) is 11.5 Å². The Morgan fingerprint density at radius 1 is 1.44 bits per heavy atom. The molecule has 2 N–H and O–H groups in total. The fourth-order valence-corrected chi connectivity index (χ4v) is 1.85. The van der Waals surface area contributed by atoms with Gasteiger partial charge in [-0.05, 0) is 24.6 Å². The van der Waals surface area contributed by atoms with E-state index in [9.17, 15) is 0 Å². The first-order valence-corrected chi connectivity index (χ1v) is 5.78. The first-order valence-electron chi connectivity index (χ1n) is 5.40. The summed E-state index contributed by atoms with van der Waals surface area (Å²) in [5.41, 5.74) is 8.16. The summed E-state index contributed by atoms with van der Waals surface area (Å²) in [4.78, 5) is 4.43. The topological polar surface area (TPSA) is 52.0 Å². The van der Waals surface area contributed by atoms with E-state index in [0.717, 1.165) is 29.0 Å². The lowest BCUT2D eigenvalue weighted by Crippen LogP contribution is -2.03. The van der Waals surface area contributed by atoms with Gasteiger partial charge in [-0.3, -0.25) is 0 Å². The van der Waals surface area contributed by atoms with E-state index in [1.807, 2.05) is 26.0 Å². The molecule has 1 aromatic heterocycles. The summed E-state index contributed by atoms with van der Waals surface area (Å²) in [6.07, 6.45) is 0.763. The van der Waals surface area contributed by atoms with Gasteiger partial charge < -0.3 is 10.2 Å². The fraction of sp³-hybridized carbons (Fsp3) is 0.417. The van der Waals surface area contributed by atoms with E-state index in [1.165, 1.54) is 0 Å². The van der Waals surface area contributed by atoms with Crippen LogP contribution in [0.2, 0.25) is 5.02 Å². The van der Waals surface area contributed by atoms with Crippen molar-refractivity contribution in [2.75, 3.05) is 6.54 Å². The Morgan fingerprint density at radius 3 is 2.81 bits per heavy atom. The number of nitrogens with zero attached hydrogens (tertiary/aromatic N) is 1. The number of hydrogen-bond donors (Lipinski definition) is 1. The number of nitrogens with two attached hydrogens (primary N) is 1. The van der Waals surface area contributed by atoms with E-state index in [1.54, 1.807) is 0 Å². The van der Waals surface area contributed by atoms with Gasteiger partial charge >= 0.3 is 0 Å². The number of benzene rings is 1. The molecule has 0 spiro atoms. The van der Waals surface area contributed by atoms with Crippen molar-refractivity contribution < 1.29 is 4.42 Å². The van der Waals surface area contributed by atoms with Crippen molar-refractivity contribution in [3.63, 3.8) is 0 Å². The second-order valence-corrected chi connectivity index (χ2v) is 4.56. The van der Waals surface area contributed by atoms with Crippen molar-refractivity contribution in [3.05, 3.63) is 28.6 Å². The summed E-state index contributed by atoms with van der Waals surface area (Å²) in [6, 6.07) is 3.78. The van der Waals surface area contributed by atoms with Gasteiger partial charge in [0.15, 0.2) is 11.5 Å². The zero-order valence-electron chi connectivity index (χ0n) is 9.46. The summed E-state index contributed by atoms with van der Waals surface area (Å²) in [7, 11) is 0.